The Kier molecular flexibility index (Phi) is 3.72. The number of hydrogen-bond acceptors (Lipinski definition) is 2. The first-order valence-corrected chi connectivity index (χ1v) is 8.67. The van der Waals surface area contributed by atoms with E-state index < -0.39 is 0 Å². The number of halogens is 1. The molecule has 0 aromatic heterocycles. The zero-order chi connectivity index (χ0) is 16.0. The van der Waals surface area contributed by atoms with Crippen LogP contribution in [0.3, 0.4) is 0 Å². The van der Waals surface area contributed by atoms with Gasteiger partial charge < -0.3 is 9.64 Å². The van der Waals surface area contributed by atoms with E-state index in [1.165, 1.54) is 22.3 Å². The van der Waals surface area contributed by atoms with Crippen LogP contribution in [0.15, 0.2) is 42.5 Å². The van der Waals surface area contributed by atoms with Gasteiger partial charge in [-0.2, -0.15) is 0 Å². The maximum atomic E-state index is 6.58. The molecule has 0 aliphatic heterocycles. The van der Waals surface area contributed by atoms with Gasteiger partial charge in [0.15, 0.2) is 0 Å². The Morgan fingerprint density at radius 3 is 2.74 bits per heavy atom. The maximum Gasteiger partial charge on any atom is 0.119 e. The van der Waals surface area contributed by atoms with Crippen LogP contribution in [0.1, 0.15) is 41.0 Å². The molecule has 0 saturated heterocycles. The highest BCUT2D eigenvalue weighted by Crippen LogP contribution is 2.57. The monoisotopic (exact) mass is 327 g/mol. The highest BCUT2D eigenvalue weighted by molar-refractivity contribution is 6.30. The van der Waals surface area contributed by atoms with Crippen molar-refractivity contribution in [2.75, 3.05) is 27.2 Å². The average molecular weight is 328 g/mol. The van der Waals surface area contributed by atoms with Crippen LogP contribution in [-0.4, -0.2) is 32.1 Å². The molecule has 2 unspecified atom stereocenters. The molecule has 3 aliphatic rings. The number of benzene rings is 2. The SMILES string of the molecule is CN(C)CCOC12CCC(c3ccccc31)c1ccc(Cl)cc12. The summed E-state index contributed by atoms with van der Waals surface area (Å²) in [5.74, 6) is 0.484. The van der Waals surface area contributed by atoms with Crippen molar-refractivity contribution >= 4 is 11.6 Å². The lowest BCUT2D eigenvalue weighted by Gasteiger charge is -2.49. The molecule has 0 N–H and O–H groups in total. The molecule has 0 saturated carbocycles. The molecule has 2 aromatic carbocycles. The van der Waals surface area contributed by atoms with Crippen molar-refractivity contribution < 1.29 is 4.74 Å². The number of nitrogens with zero attached hydrogens (tertiary/aromatic N) is 1. The van der Waals surface area contributed by atoms with Crippen molar-refractivity contribution in [1.82, 2.24) is 4.90 Å². The summed E-state index contributed by atoms with van der Waals surface area (Å²) < 4.78 is 6.58. The summed E-state index contributed by atoms with van der Waals surface area (Å²) in [7, 11) is 4.16. The van der Waals surface area contributed by atoms with Crippen molar-refractivity contribution in [1.29, 1.82) is 0 Å². The summed E-state index contributed by atoms with van der Waals surface area (Å²) in [4.78, 5) is 2.16. The van der Waals surface area contributed by atoms with E-state index in [1.807, 2.05) is 6.07 Å². The van der Waals surface area contributed by atoms with Crippen molar-refractivity contribution in [3.63, 3.8) is 0 Å². The molecule has 3 aliphatic carbocycles. The third-order valence-electron chi connectivity index (χ3n) is 5.27. The minimum atomic E-state index is -0.332. The second kappa shape index (κ2) is 5.62. The molecule has 0 fully saturated rings. The van der Waals surface area contributed by atoms with Crippen LogP contribution in [-0.2, 0) is 10.3 Å². The molecule has 5 rings (SSSR count). The van der Waals surface area contributed by atoms with E-state index in [0.29, 0.717) is 5.92 Å². The summed E-state index contributed by atoms with van der Waals surface area (Å²) in [6.45, 7) is 1.64. The normalized spacial score (nSPS) is 24.6. The number of rotatable bonds is 4. The van der Waals surface area contributed by atoms with Crippen LogP contribution in [0.4, 0.5) is 0 Å². The Labute approximate surface area is 143 Å². The summed E-state index contributed by atoms with van der Waals surface area (Å²) in [6, 6.07) is 15.1. The van der Waals surface area contributed by atoms with Crippen LogP contribution >= 0.6 is 11.6 Å². The summed E-state index contributed by atoms with van der Waals surface area (Å²) in [5, 5.41) is 0.796. The molecule has 2 aromatic rings. The average Bonchev–Trinajstić information content (AvgIpc) is 2.55. The van der Waals surface area contributed by atoms with E-state index in [0.717, 1.165) is 31.0 Å². The molecule has 23 heavy (non-hydrogen) atoms. The topological polar surface area (TPSA) is 12.5 Å². The molecular formula is C20H22ClNO. The molecule has 0 heterocycles. The predicted octanol–water partition coefficient (Wildman–Crippen LogP) is 4.40. The van der Waals surface area contributed by atoms with Gasteiger partial charge in [0, 0.05) is 17.5 Å². The molecule has 2 bridgehead atoms. The predicted molar refractivity (Wildman–Crippen MR) is 94.3 cm³/mol. The molecule has 0 amide bonds. The Morgan fingerprint density at radius 2 is 1.91 bits per heavy atom. The quantitative estimate of drug-likeness (QED) is 0.825. The Bertz CT molecular complexity index is 742. The molecule has 0 radical (unpaired) electrons. The van der Waals surface area contributed by atoms with E-state index in [-0.39, 0.29) is 5.60 Å². The first-order chi connectivity index (χ1) is 11.1. The molecule has 120 valence electrons. The fourth-order valence-corrected chi connectivity index (χ4v) is 4.39. The first-order valence-electron chi connectivity index (χ1n) is 8.30. The van der Waals surface area contributed by atoms with Gasteiger partial charge in [-0.25, -0.2) is 0 Å². The van der Waals surface area contributed by atoms with Gasteiger partial charge in [-0.15, -0.1) is 0 Å². The van der Waals surface area contributed by atoms with Gasteiger partial charge in [0.05, 0.1) is 6.61 Å². The zero-order valence-electron chi connectivity index (χ0n) is 13.7. The van der Waals surface area contributed by atoms with Crippen LogP contribution < -0.4 is 0 Å². The summed E-state index contributed by atoms with van der Waals surface area (Å²) >= 11 is 6.32. The Morgan fingerprint density at radius 1 is 1.13 bits per heavy atom. The standard InChI is InChI=1S/C20H22ClNO/c1-22(2)11-12-23-20-10-9-15(16-5-3-4-6-18(16)20)17-8-7-14(21)13-19(17)20/h3-8,13,15H,9-12H2,1-2H3. The fraction of sp³-hybridized carbons (Fsp3) is 0.400. The Balaban J connectivity index is 1.85. The van der Waals surface area contributed by atoms with E-state index in [1.54, 1.807) is 0 Å². The van der Waals surface area contributed by atoms with Crippen LogP contribution in [0, 0.1) is 0 Å². The summed E-state index contributed by atoms with van der Waals surface area (Å²) in [6.07, 6.45) is 2.18. The summed E-state index contributed by atoms with van der Waals surface area (Å²) in [5.41, 5.74) is 5.10. The third-order valence-corrected chi connectivity index (χ3v) is 5.50. The largest absolute Gasteiger partial charge is 0.364 e. The van der Waals surface area contributed by atoms with Crippen LogP contribution in [0.2, 0.25) is 5.02 Å². The molecule has 3 heteroatoms. The van der Waals surface area contributed by atoms with Crippen molar-refractivity contribution in [2.24, 2.45) is 0 Å². The second-order valence-corrected chi connectivity index (χ2v) is 7.33. The second-order valence-electron chi connectivity index (χ2n) is 6.89. The van der Waals surface area contributed by atoms with E-state index >= 15 is 0 Å². The van der Waals surface area contributed by atoms with E-state index in [2.05, 4.69) is 55.4 Å². The smallest absolute Gasteiger partial charge is 0.119 e. The van der Waals surface area contributed by atoms with Gasteiger partial charge in [-0.3, -0.25) is 0 Å². The maximum absolute atomic E-state index is 6.58. The van der Waals surface area contributed by atoms with Crippen molar-refractivity contribution in [3.8, 4) is 0 Å². The minimum absolute atomic E-state index is 0.332. The number of ether oxygens (including phenoxy) is 1. The molecule has 2 atom stereocenters. The van der Waals surface area contributed by atoms with Gasteiger partial charge in [0.1, 0.15) is 5.60 Å². The highest BCUT2D eigenvalue weighted by Gasteiger charge is 2.49. The molecule has 2 nitrogen and oxygen atoms in total. The van der Waals surface area contributed by atoms with E-state index in [4.69, 9.17) is 16.3 Å². The number of likely N-dealkylation sites (N-methyl/N-ethyl adjacent to an activating group) is 1. The third kappa shape index (κ3) is 2.32. The van der Waals surface area contributed by atoms with Gasteiger partial charge in [0.2, 0.25) is 0 Å². The lowest BCUT2D eigenvalue weighted by Crippen LogP contribution is -2.43. The number of hydrogen-bond donors (Lipinski definition) is 0. The first kappa shape index (κ1) is 15.2. The zero-order valence-corrected chi connectivity index (χ0v) is 14.4. The fourth-order valence-electron chi connectivity index (χ4n) is 4.22. The van der Waals surface area contributed by atoms with Crippen molar-refractivity contribution in [2.45, 2.75) is 24.4 Å². The lowest BCUT2D eigenvalue weighted by molar-refractivity contribution is -0.0436. The van der Waals surface area contributed by atoms with Gasteiger partial charge >= 0.3 is 0 Å². The van der Waals surface area contributed by atoms with Crippen LogP contribution in [0.5, 0.6) is 0 Å². The van der Waals surface area contributed by atoms with Crippen molar-refractivity contribution in [3.05, 3.63) is 69.7 Å². The molecular weight excluding hydrogens is 306 g/mol. The minimum Gasteiger partial charge on any atom is -0.364 e. The highest BCUT2D eigenvalue weighted by atomic mass is 35.5. The van der Waals surface area contributed by atoms with Crippen LogP contribution in [0.25, 0.3) is 0 Å². The van der Waals surface area contributed by atoms with Gasteiger partial charge in [0.25, 0.3) is 0 Å². The van der Waals surface area contributed by atoms with E-state index in [9.17, 15) is 0 Å². The molecule has 0 spiro atoms. The number of fused-ring (bicyclic) bond motifs is 1. The lowest BCUT2D eigenvalue weighted by atomic mass is 9.61. The Hall–Kier alpha value is -1.35. The van der Waals surface area contributed by atoms with Gasteiger partial charge in [-0.1, -0.05) is 41.9 Å². The van der Waals surface area contributed by atoms with Gasteiger partial charge in [-0.05, 0) is 61.3 Å².